The van der Waals surface area contributed by atoms with Crippen molar-refractivity contribution in [2.45, 2.75) is 45.3 Å². The highest BCUT2D eigenvalue weighted by Crippen LogP contribution is 2.30. The first-order chi connectivity index (χ1) is 12.6. The van der Waals surface area contributed by atoms with E-state index in [1.807, 2.05) is 32.6 Å². The molecule has 2 aromatic heterocycles. The first kappa shape index (κ1) is 19.6. The predicted octanol–water partition coefficient (Wildman–Crippen LogP) is 3.66. The van der Waals surface area contributed by atoms with Crippen LogP contribution in [-0.2, 0) is 11.6 Å². The number of alkyl halides is 3. The van der Waals surface area contributed by atoms with Crippen LogP contribution in [0.5, 0.6) is 0 Å². The van der Waals surface area contributed by atoms with Crippen LogP contribution in [0.25, 0.3) is 0 Å². The molecule has 0 radical (unpaired) electrons. The second-order valence-corrected chi connectivity index (χ2v) is 7.81. The zero-order valence-corrected chi connectivity index (χ0v) is 15.9. The highest BCUT2D eigenvalue weighted by molar-refractivity contribution is 5.40. The summed E-state index contributed by atoms with van der Waals surface area (Å²) >= 11 is 0. The Hall–Kier alpha value is -2.16. The summed E-state index contributed by atoms with van der Waals surface area (Å²) < 4.78 is 43.4. The molecule has 0 bridgehead atoms. The zero-order chi connectivity index (χ0) is 19.8. The van der Waals surface area contributed by atoms with Crippen LogP contribution in [0.4, 0.5) is 19.0 Å². The lowest BCUT2D eigenvalue weighted by atomic mass is 9.96. The second kappa shape index (κ2) is 7.10. The normalized spacial score (nSPS) is 18.0. The third kappa shape index (κ3) is 4.40. The highest BCUT2D eigenvalue weighted by Gasteiger charge is 2.32. The van der Waals surface area contributed by atoms with Gasteiger partial charge in [0, 0.05) is 37.8 Å². The monoisotopic (exact) mass is 383 g/mol. The first-order valence-electron chi connectivity index (χ1n) is 8.92. The summed E-state index contributed by atoms with van der Waals surface area (Å²) in [5.41, 5.74) is -0.904. The number of halogens is 3. The number of nitrogens with zero attached hydrogens (tertiary/aromatic N) is 5. The Morgan fingerprint density at radius 2 is 1.74 bits per heavy atom. The van der Waals surface area contributed by atoms with Crippen LogP contribution in [-0.4, -0.2) is 46.2 Å². The van der Waals surface area contributed by atoms with Crippen LogP contribution in [0, 0.1) is 0 Å². The van der Waals surface area contributed by atoms with Gasteiger partial charge in [-0.25, -0.2) is 4.98 Å². The zero-order valence-electron chi connectivity index (χ0n) is 15.9. The molecular formula is C18H24F3N5O. The third-order valence-corrected chi connectivity index (χ3v) is 4.73. The molecule has 3 rings (SSSR count). The molecule has 3 heterocycles. The van der Waals surface area contributed by atoms with Crippen LogP contribution in [0.2, 0.25) is 0 Å². The van der Waals surface area contributed by atoms with Gasteiger partial charge in [-0.05, 0) is 19.1 Å². The molecule has 0 spiro atoms. The van der Waals surface area contributed by atoms with Crippen molar-refractivity contribution >= 4 is 5.82 Å². The molecule has 9 heteroatoms. The van der Waals surface area contributed by atoms with Gasteiger partial charge in [0.2, 0.25) is 5.89 Å². The summed E-state index contributed by atoms with van der Waals surface area (Å²) in [4.78, 5) is 12.7. The minimum Gasteiger partial charge on any atom is -0.354 e. The molecule has 1 aliphatic heterocycles. The number of piperazine rings is 1. The Morgan fingerprint density at radius 3 is 2.22 bits per heavy atom. The van der Waals surface area contributed by atoms with E-state index in [1.165, 1.54) is 6.07 Å². The van der Waals surface area contributed by atoms with Gasteiger partial charge < -0.3 is 9.42 Å². The Bertz CT molecular complexity index is 759. The number of aromatic nitrogens is 3. The fraction of sp³-hybridized carbons (Fsp3) is 0.611. The number of rotatable bonds is 3. The standard InChI is InChI=1S/C18H24F3N5O/c1-12(15-23-16(24-27-15)17(2,3)4)25-7-9-26(10-8-25)14-6-5-13(11-22-14)18(19,20)21/h5-6,11-12H,7-10H2,1-4H3. The van der Waals surface area contributed by atoms with Crippen molar-refractivity contribution in [1.82, 2.24) is 20.0 Å². The Labute approximate surface area is 156 Å². The minimum atomic E-state index is -4.37. The van der Waals surface area contributed by atoms with Crippen molar-refractivity contribution in [3.63, 3.8) is 0 Å². The molecule has 0 aromatic carbocycles. The molecule has 1 atom stereocenters. The van der Waals surface area contributed by atoms with E-state index < -0.39 is 11.7 Å². The van der Waals surface area contributed by atoms with Crippen molar-refractivity contribution in [2.24, 2.45) is 0 Å². The quantitative estimate of drug-likeness (QED) is 0.806. The molecule has 27 heavy (non-hydrogen) atoms. The summed E-state index contributed by atoms with van der Waals surface area (Å²) in [6.45, 7) is 10.9. The SMILES string of the molecule is CC(c1nc(C(C)(C)C)no1)N1CCN(c2ccc(C(F)(F)F)cn2)CC1. The van der Waals surface area contributed by atoms with E-state index in [-0.39, 0.29) is 11.5 Å². The van der Waals surface area contributed by atoms with Gasteiger partial charge in [0.05, 0.1) is 11.6 Å². The molecule has 2 aromatic rings. The van der Waals surface area contributed by atoms with Crippen molar-refractivity contribution in [2.75, 3.05) is 31.1 Å². The second-order valence-electron chi connectivity index (χ2n) is 7.81. The maximum atomic E-state index is 12.7. The molecule has 1 fully saturated rings. The van der Waals surface area contributed by atoms with Gasteiger partial charge in [0.15, 0.2) is 5.82 Å². The summed E-state index contributed by atoms with van der Waals surface area (Å²) in [6.07, 6.45) is -3.48. The van der Waals surface area contributed by atoms with Crippen molar-refractivity contribution < 1.29 is 17.7 Å². The fourth-order valence-corrected chi connectivity index (χ4v) is 2.94. The molecule has 1 saturated heterocycles. The molecule has 0 N–H and O–H groups in total. The third-order valence-electron chi connectivity index (χ3n) is 4.73. The summed E-state index contributed by atoms with van der Waals surface area (Å²) in [7, 11) is 0. The first-order valence-corrected chi connectivity index (χ1v) is 8.92. The summed E-state index contributed by atoms with van der Waals surface area (Å²) in [5.74, 6) is 1.82. The molecular weight excluding hydrogens is 359 g/mol. The topological polar surface area (TPSA) is 58.3 Å². The smallest absolute Gasteiger partial charge is 0.354 e. The van der Waals surface area contributed by atoms with Gasteiger partial charge >= 0.3 is 6.18 Å². The van der Waals surface area contributed by atoms with Crippen LogP contribution >= 0.6 is 0 Å². The average Bonchev–Trinajstić information content (AvgIpc) is 3.11. The van der Waals surface area contributed by atoms with E-state index in [1.54, 1.807) is 0 Å². The lowest BCUT2D eigenvalue weighted by Crippen LogP contribution is -2.47. The Kier molecular flexibility index (Phi) is 5.16. The molecule has 1 aliphatic rings. The predicted molar refractivity (Wildman–Crippen MR) is 94.4 cm³/mol. The van der Waals surface area contributed by atoms with Gasteiger partial charge in [0.1, 0.15) is 5.82 Å². The van der Waals surface area contributed by atoms with E-state index in [4.69, 9.17) is 4.52 Å². The van der Waals surface area contributed by atoms with Crippen LogP contribution in [0.3, 0.4) is 0 Å². The lowest BCUT2D eigenvalue weighted by molar-refractivity contribution is -0.137. The highest BCUT2D eigenvalue weighted by atomic mass is 19.4. The van der Waals surface area contributed by atoms with Gasteiger partial charge in [-0.3, -0.25) is 4.90 Å². The van der Waals surface area contributed by atoms with E-state index in [2.05, 4.69) is 20.0 Å². The van der Waals surface area contributed by atoms with E-state index in [9.17, 15) is 13.2 Å². The van der Waals surface area contributed by atoms with Crippen LogP contribution in [0.1, 0.15) is 51.0 Å². The molecule has 148 valence electrons. The molecule has 0 saturated carbocycles. The molecule has 0 aliphatic carbocycles. The van der Waals surface area contributed by atoms with E-state index in [0.29, 0.717) is 30.6 Å². The molecule has 6 nitrogen and oxygen atoms in total. The maximum Gasteiger partial charge on any atom is 0.417 e. The fourth-order valence-electron chi connectivity index (χ4n) is 2.94. The number of pyridine rings is 1. The number of hydrogen-bond acceptors (Lipinski definition) is 6. The average molecular weight is 383 g/mol. The minimum absolute atomic E-state index is 0.0173. The summed E-state index contributed by atoms with van der Waals surface area (Å²) in [6, 6.07) is 2.48. The largest absolute Gasteiger partial charge is 0.417 e. The van der Waals surface area contributed by atoms with Crippen molar-refractivity contribution in [3.8, 4) is 0 Å². The Morgan fingerprint density at radius 1 is 1.07 bits per heavy atom. The van der Waals surface area contributed by atoms with Crippen molar-refractivity contribution in [3.05, 3.63) is 35.6 Å². The number of hydrogen-bond donors (Lipinski definition) is 0. The van der Waals surface area contributed by atoms with Crippen LogP contribution in [0.15, 0.2) is 22.9 Å². The van der Waals surface area contributed by atoms with E-state index in [0.717, 1.165) is 25.4 Å². The van der Waals surface area contributed by atoms with Gasteiger partial charge in [-0.15, -0.1) is 0 Å². The maximum absolute atomic E-state index is 12.7. The van der Waals surface area contributed by atoms with Gasteiger partial charge in [-0.2, -0.15) is 18.2 Å². The van der Waals surface area contributed by atoms with Crippen molar-refractivity contribution in [1.29, 1.82) is 0 Å². The molecule has 0 amide bonds. The Balaban J connectivity index is 1.60. The lowest BCUT2D eigenvalue weighted by Gasteiger charge is -2.37. The molecule has 1 unspecified atom stereocenters. The van der Waals surface area contributed by atoms with Gasteiger partial charge in [0.25, 0.3) is 0 Å². The van der Waals surface area contributed by atoms with E-state index >= 15 is 0 Å². The van der Waals surface area contributed by atoms with Gasteiger partial charge in [-0.1, -0.05) is 25.9 Å². The number of anilines is 1. The van der Waals surface area contributed by atoms with Crippen LogP contribution < -0.4 is 4.90 Å². The summed E-state index contributed by atoms with van der Waals surface area (Å²) in [5, 5.41) is 4.07.